The van der Waals surface area contributed by atoms with Gasteiger partial charge in [0.2, 0.25) is 0 Å². The molecular formula is C18H17N3O3S. The maximum absolute atomic E-state index is 12.5. The summed E-state index contributed by atoms with van der Waals surface area (Å²) in [5, 5.41) is 12.4. The molecule has 7 heteroatoms. The van der Waals surface area contributed by atoms with E-state index in [4.69, 9.17) is 10.8 Å². The first-order chi connectivity index (χ1) is 11.9. The van der Waals surface area contributed by atoms with Crippen molar-refractivity contribution < 1.29 is 14.7 Å². The third-order valence-corrected chi connectivity index (χ3v) is 4.92. The van der Waals surface area contributed by atoms with E-state index in [2.05, 4.69) is 24.1 Å². The van der Waals surface area contributed by atoms with Crippen LogP contribution in [-0.4, -0.2) is 22.0 Å². The van der Waals surface area contributed by atoms with Crippen molar-refractivity contribution in [3.8, 4) is 0 Å². The standard InChI is InChI=1S/C18H17N3O3S/c1-9(2)13-8-7-12-14(19)15(25-17(12)21-13)16(22)20-11-5-3-10(4-6-11)18(23)24/h3-9H,19H2,1-2H3,(H,20,22)(H,23,24). The molecule has 25 heavy (non-hydrogen) atoms. The number of rotatable bonds is 4. The molecule has 0 fully saturated rings. The van der Waals surface area contributed by atoms with Crippen LogP contribution in [0.4, 0.5) is 11.4 Å². The Balaban J connectivity index is 1.88. The van der Waals surface area contributed by atoms with Gasteiger partial charge in [0.25, 0.3) is 5.91 Å². The maximum atomic E-state index is 12.5. The van der Waals surface area contributed by atoms with Gasteiger partial charge in [-0.15, -0.1) is 11.3 Å². The number of thiophene rings is 1. The van der Waals surface area contributed by atoms with Crippen LogP contribution in [-0.2, 0) is 0 Å². The predicted octanol–water partition coefficient (Wildman–Crippen LogP) is 3.95. The Labute approximate surface area is 148 Å². The molecule has 0 bridgehead atoms. The third-order valence-electron chi connectivity index (χ3n) is 3.80. The summed E-state index contributed by atoms with van der Waals surface area (Å²) in [4.78, 5) is 29.1. The quantitative estimate of drug-likeness (QED) is 0.657. The second-order valence-electron chi connectivity index (χ2n) is 5.93. The summed E-state index contributed by atoms with van der Waals surface area (Å²) in [5.41, 5.74) is 8.13. The third kappa shape index (κ3) is 3.32. The van der Waals surface area contributed by atoms with Gasteiger partial charge in [-0.1, -0.05) is 13.8 Å². The number of hydrogen-bond donors (Lipinski definition) is 3. The number of pyridine rings is 1. The summed E-state index contributed by atoms with van der Waals surface area (Å²) in [6.45, 7) is 4.11. The summed E-state index contributed by atoms with van der Waals surface area (Å²) in [7, 11) is 0. The van der Waals surface area contributed by atoms with Crippen LogP contribution in [0.1, 0.15) is 45.5 Å². The van der Waals surface area contributed by atoms with E-state index in [1.165, 1.54) is 23.5 Å². The molecule has 0 saturated heterocycles. The number of aromatic nitrogens is 1. The van der Waals surface area contributed by atoms with Crippen molar-refractivity contribution in [2.75, 3.05) is 11.1 Å². The van der Waals surface area contributed by atoms with Crippen molar-refractivity contribution in [2.24, 2.45) is 0 Å². The fourth-order valence-electron chi connectivity index (χ4n) is 2.39. The summed E-state index contributed by atoms with van der Waals surface area (Å²) in [6.07, 6.45) is 0. The molecule has 0 unspecified atom stereocenters. The van der Waals surface area contributed by atoms with E-state index in [9.17, 15) is 9.59 Å². The molecule has 2 aromatic heterocycles. The van der Waals surface area contributed by atoms with E-state index < -0.39 is 5.97 Å². The van der Waals surface area contributed by atoms with E-state index in [0.717, 1.165) is 15.9 Å². The van der Waals surface area contributed by atoms with E-state index in [0.29, 0.717) is 16.3 Å². The van der Waals surface area contributed by atoms with Crippen LogP contribution >= 0.6 is 11.3 Å². The van der Waals surface area contributed by atoms with Crippen molar-refractivity contribution in [1.82, 2.24) is 4.98 Å². The van der Waals surface area contributed by atoms with Crippen molar-refractivity contribution in [3.05, 3.63) is 52.5 Å². The van der Waals surface area contributed by atoms with Gasteiger partial charge >= 0.3 is 5.97 Å². The number of fused-ring (bicyclic) bond motifs is 1. The van der Waals surface area contributed by atoms with E-state index in [1.54, 1.807) is 12.1 Å². The fourth-order valence-corrected chi connectivity index (χ4v) is 3.38. The molecule has 2 heterocycles. The van der Waals surface area contributed by atoms with Gasteiger partial charge in [0.05, 0.1) is 11.3 Å². The highest BCUT2D eigenvalue weighted by Crippen LogP contribution is 2.34. The average Bonchev–Trinajstić information content (AvgIpc) is 2.91. The lowest BCUT2D eigenvalue weighted by molar-refractivity contribution is 0.0696. The highest BCUT2D eigenvalue weighted by molar-refractivity contribution is 7.21. The van der Waals surface area contributed by atoms with E-state index in [-0.39, 0.29) is 17.4 Å². The number of nitrogens with two attached hydrogens (primary N) is 1. The zero-order chi connectivity index (χ0) is 18.1. The molecule has 0 atom stereocenters. The first-order valence-corrected chi connectivity index (χ1v) is 8.52. The first kappa shape index (κ1) is 16.9. The van der Waals surface area contributed by atoms with Crippen molar-refractivity contribution in [3.63, 3.8) is 0 Å². The zero-order valence-corrected chi connectivity index (χ0v) is 14.6. The van der Waals surface area contributed by atoms with Crippen molar-refractivity contribution in [2.45, 2.75) is 19.8 Å². The van der Waals surface area contributed by atoms with Crippen LogP contribution in [0.15, 0.2) is 36.4 Å². The summed E-state index contributed by atoms with van der Waals surface area (Å²) < 4.78 is 0. The minimum atomic E-state index is -1.02. The molecule has 0 saturated carbocycles. The Morgan fingerprint density at radius 3 is 2.44 bits per heavy atom. The molecule has 1 aromatic carbocycles. The predicted molar refractivity (Wildman–Crippen MR) is 99.5 cm³/mol. The molecule has 0 aliphatic rings. The van der Waals surface area contributed by atoms with Crippen LogP contribution in [0, 0.1) is 0 Å². The molecule has 3 rings (SSSR count). The van der Waals surface area contributed by atoms with Gasteiger partial charge in [0.15, 0.2) is 0 Å². The Bertz CT molecular complexity index is 962. The average molecular weight is 355 g/mol. The number of nitrogen functional groups attached to an aromatic ring is 1. The lowest BCUT2D eigenvalue weighted by Crippen LogP contribution is -2.12. The summed E-state index contributed by atoms with van der Waals surface area (Å²) in [5.74, 6) is -1.06. The summed E-state index contributed by atoms with van der Waals surface area (Å²) >= 11 is 1.25. The molecule has 1 amide bonds. The van der Waals surface area contributed by atoms with E-state index in [1.807, 2.05) is 12.1 Å². The molecule has 0 radical (unpaired) electrons. The number of nitrogens with zero attached hydrogens (tertiary/aromatic N) is 1. The Kier molecular flexibility index (Phi) is 4.41. The second kappa shape index (κ2) is 6.52. The van der Waals surface area contributed by atoms with Crippen LogP contribution in [0.2, 0.25) is 0 Å². The normalized spacial score (nSPS) is 11.0. The fraction of sp³-hybridized carbons (Fsp3) is 0.167. The topological polar surface area (TPSA) is 105 Å². The zero-order valence-electron chi connectivity index (χ0n) is 13.7. The molecule has 128 valence electrons. The number of carboxylic acids is 1. The molecular weight excluding hydrogens is 338 g/mol. The lowest BCUT2D eigenvalue weighted by Gasteiger charge is -2.04. The van der Waals surface area contributed by atoms with Crippen LogP contribution in [0.25, 0.3) is 10.2 Å². The molecule has 0 spiro atoms. The Morgan fingerprint density at radius 1 is 1.16 bits per heavy atom. The van der Waals surface area contributed by atoms with Gasteiger partial charge in [0.1, 0.15) is 9.71 Å². The second-order valence-corrected chi connectivity index (χ2v) is 6.92. The van der Waals surface area contributed by atoms with Gasteiger partial charge in [-0.05, 0) is 42.3 Å². The Morgan fingerprint density at radius 2 is 1.84 bits per heavy atom. The monoisotopic (exact) mass is 355 g/mol. The molecule has 0 aliphatic heterocycles. The van der Waals surface area contributed by atoms with Gasteiger partial charge < -0.3 is 16.2 Å². The number of anilines is 2. The van der Waals surface area contributed by atoms with Crippen molar-refractivity contribution >= 4 is 44.8 Å². The molecule has 0 aliphatic carbocycles. The molecule has 6 nitrogen and oxygen atoms in total. The number of nitrogens with one attached hydrogen (secondary N) is 1. The first-order valence-electron chi connectivity index (χ1n) is 7.70. The highest BCUT2D eigenvalue weighted by atomic mass is 32.1. The number of amides is 1. The largest absolute Gasteiger partial charge is 0.478 e. The Hall–Kier alpha value is -2.93. The smallest absolute Gasteiger partial charge is 0.335 e. The van der Waals surface area contributed by atoms with Crippen LogP contribution < -0.4 is 11.1 Å². The number of benzene rings is 1. The minimum Gasteiger partial charge on any atom is -0.478 e. The number of carbonyl (C=O) groups excluding carboxylic acids is 1. The highest BCUT2D eigenvalue weighted by Gasteiger charge is 2.18. The van der Waals surface area contributed by atoms with Gasteiger partial charge in [-0.2, -0.15) is 0 Å². The maximum Gasteiger partial charge on any atom is 0.335 e. The van der Waals surface area contributed by atoms with Crippen LogP contribution in [0.5, 0.6) is 0 Å². The van der Waals surface area contributed by atoms with Gasteiger partial charge in [-0.25, -0.2) is 9.78 Å². The molecule has 4 N–H and O–H groups in total. The number of carboxylic acid groups (broad SMARTS) is 1. The minimum absolute atomic E-state index is 0.157. The van der Waals surface area contributed by atoms with Gasteiger partial charge in [-0.3, -0.25) is 4.79 Å². The number of carbonyl (C=O) groups is 2. The van der Waals surface area contributed by atoms with E-state index >= 15 is 0 Å². The SMILES string of the molecule is CC(C)c1ccc2c(N)c(C(=O)Nc3ccc(C(=O)O)cc3)sc2n1. The number of aromatic carboxylic acids is 1. The number of hydrogen-bond acceptors (Lipinski definition) is 5. The van der Waals surface area contributed by atoms with Crippen molar-refractivity contribution in [1.29, 1.82) is 0 Å². The van der Waals surface area contributed by atoms with Crippen LogP contribution in [0.3, 0.4) is 0 Å². The molecule has 3 aromatic rings. The summed E-state index contributed by atoms with van der Waals surface area (Å²) in [6, 6.07) is 9.76. The lowest BCUT2D eigenvalue weighted by atomic mass is 10.1. The van der Waals surface area contributed by atoms with Gasteiger partial charge in [0, 0.05) is 16.8 Å².